The summed E-state index contributed by atoms with van der Waals surface area (Å²) in [6.45, 7) is 1.13. The van der Waals surface area contributed by atoms with E-state index in [0.717, 1.165) is 0 Å². The van der Waals surface area contributed by atoms with Crippen molar-refractivity contribution in [1.82, 2.24) is 5.32 Å². The molecule has 15 unspecified atom stereocenters. The Bertz CT molecular complexity index is 917. The number of amides is 1. The van der Waals surface area contributed by atoms with Gasteiger partial charge in [-0.25, -0.2) is 0 Å². The molecular formula is C23H45N7O12. The smallest absolute Gasteiger partial charge is 0.249 e. The Morgan fingerprint density at radius 3 is 2.19 bits per heavy atom. The Balaban J connectivity index is 1.86. The topological polar surface area (TPSA) is 350 Å². The van der Waals surface area contributed by atoms with Crippen LogP contribution in [0.5, 0.6) is 0 Å². The van der Waals surface area contributed by atoms with Gasteiger partial charge in [-0.15, -0.1) is 0 Å². The Kier molecular flexibility index (Phi) is 12.2. The zero-order valence-corrected chi connectivity index (χ0v) is 23.1. The Labute approximate surface area is 241 Å². The normalized spacial score (nSPS) is 43.9. The summed E-state index contributed by atoms with van der Waals surface area (Å²) in [4.78, 5) is 16.3. The average molecular weight is 612 g/mol. The highest BCUT2D eigenvalue weighted by atomic mass is 16.7. The molecule has 0 radical (unpaired) electrons. The summed E-state index contributed by atoms with van der Waals surface area (Å²) in [5.74, 6) is -1.11. The van der Waals surface area contributed by atoms with Crippen LogP contribution < -0.4 is 34.0 Å². The molecule has 2 saturated heterocycles. The van der Waals surface area contributed by atoms with E-state index in [1.54, 1.807) is 0 Å². The predicted octanol–water partition coefficient (Wildman–Crippen LogP) is -8.08. The molecule has 2 aliphatic heterocycles. The van der Waals surface area contributed by atoms with Gasteiger partial charge in [-0.1, -0.05) is 0 Å². The monoisotopic (exact) mass is 611 g/mol. The Hall–Kier alpha value is -1.82. The molecule has 1 aliphatic carbocycles. The van der Waals surface area contributed by atoms with Crippen molar-refractivity contribution in [1.29, 1.82) is 0 Å². The van der Waals surface area contributed by atoms with Gasteiger partial charge in [-0.3, -0.25) is 9.79 Å². The van der Waals surface area contributed by atoms with Crippen molar-refractivity contribution in [3.8, 4) is 0 Å². The first-order chi connectivity index (χ1) is 19.7. The van der Waals surface area contributed by atoms with Gasteiger partial charge in [-0.05, 0) is 26.3 Å². The number of ether oxygens (including phenoxy) is 4. The largest absolute Gasteiger partial charge is 0.391 e. The zero-order valence-electron chi connectivity index (χ0n) is 23.1. The minimum absolute atomic E-state index is 0.0267. The molecule has 0 aromatic rings. The summed E-state index contributed by atoms with van der Waals surface area (Å²) in [6.07, 6.45) is -18.9. The second kappa shape index (κ2) is 14.8. The number of aliphatic hydroxyl groups excluding tert-OH is 7. The lowest BCUT2D eigenvalue weighted by molar-refractivity contribution is -0.315. The van der Waals surface area contributed by atoms with Crippen LogP contribution in [0.3, 0.4) is 0 Å². The first kappa shape index (κ1) is 34.7. The molecule has 2 heterocycles. The molecule has 3 fully saturated rings. The number of nitrogens with one attached hydrogen (secondary N) is 1. The number of aliphatic hydroxyl groups is 7. The van der Waals surface area contributed by atoms with E-state index in [1.165, 1.54) is 6.92 Å². The van der Waals surface area contributed by atoms with Gasteiger partial charge in [-0.2, -0.15) is 0 Å². The number of carbonyl (C=O) groups is 1. The summed E-state index contributed by atoms with van der Waals surface area (Å²) in [6, 6.07) is -3.45. The van der Waals surface area contributed by atoms with Gasteiger partial charge in [0.2, 0.25) is 5.91 Å². The van der Waals surface area contributed by atoms with Gasteiger partial charge < -0.3 is 88.7 Å². The molecule has 1 saturated carbocycles. The van der Waals surface area contributed by atoms with Crippen LogP contribution in [0, 0.1) is 0 Å². The molecular weight excluding hydrogens is 566 g/mol. The SMILES string of the molecule is C[C@@H](O)C1OC(OC2C(N)CC(NC(=O)C(O)CCN)C(O)C2OC2OC(CN=C(N)N)C(O)C2O)C(N)C(O)C1O. The lowest BCUT2D eigenvalue weighted by Gasteiger charge is -2.48. The second-order valence-corrected chi connectivity index (χ2v) is 10.9. The van der Waals surface area contributed by atoms with E-state index in [2.05, 4.69) is 10.3 Å². The van der Waals surface area contributed by atoms with E-state index in [9.17, 15) is 40.5 Å². The van der Waals surface area contributed by atoms with Crippen molar-refractivity contribution < 1.29 is 59.5 Å². The van der Waals surface area contributed by atoms with Crippen molar-refractivity contribution in [2.24, 2.45) is 33.7 Å². The summed E-state index contributed by atoms with van der Waals surface area (Å²) < 4.78 is 23.1. The second-order valence-electron chi connectivity index (χ2n) is 10.9. The highest BCUT2D eigenvalue weighted by Crippen LogP contribution is 2.33. The van der Waals surface area contributed by atoms with Crippen molar-refractivity contribution in [3.63, 3.8) is 0 Å². The van der Waals surface area contributed by atoms with Crippen LogP contribution in [-0.4, -0.2) is 159 Å². The number of hydrogen-bond acceptors (Lipinski definition) is 16. The van der Waals surface area contributed by atoms with Gasteiger partial charge in [0.15, 0.2) is 18.5 Å². The molecule has 0 aromatic heterocycles. The number of nitrogens with two attached hydrogens (primary N) is 5. The van der Waals surface area contributed by atoms with Crippen LogP contribution in [0.15, 0.2) is 4.99 Å². The van der Waals surface area contributed by atoms with Gasteiger partial charge in [0.25, 0.3) is 0 Å². The van der Waals surface area contributed by atoms with E-state index in [4.69, 9.17) is 47.6 Å². The summed E-state index contributed by atoms with van der Waals surface area (Å²) in [5, 5.41) is 75.7. The minimum Gasteiger partial charge on any atom is -0.391 e. The van der Waals surface area contributed by atoms with E-state index < -0.39 is 104 Å². The maximum atomic E-state index is 12.5. The minimum atomic E-state index is -1.64. The van der Waals surface area contributed by atoms with Crippen LogP contribution in [0.25, 0.3) is 0 Å². The van der Waals surface area contributed by atoms with Crippen molar-refractivity contribution in [3.05, 3.63) is 0 Å². The molecule has 42 heavy (non-hydrogen) atoms. The highest BCUT2D eigenvalue weighted by Gasteiger charge is 2.53. The summed E-state index contributed by atoms with van der Waals surface area (Å²) >= 11 is 0. The molecule has 19 nitrogen and oxygen atoms in total. The van der Waals surface area contributed by atoms with Gasteiger partial charge in [0.05, 0.1) is 24.7 Å². The van der Waals surface area contributed by atoms with Gasteiger partial charge in [0.1, 0.15) is 61.0 Å². The molecule has 1 amide bonds. The third-order valence-electron chi connectivity index (χ3n) is 7.61. The molecule has 16 atom stereocenters. The van der Waals surface area contributed by atoms with Crippen molar-refractivity contribution in [2.45, 2.75) is 118 Å². The average Bonchev–Trinajstić information content (AvgIpc) is 3.19. The number of carbonyl (C=O) groups excluding carboxylic acids is 1. The van der Waals surface area contributed by atoms with Crippen LogP contribution in [0.2, 0.25) is 0 Å². The quantitative estimate of drug-likeness (QED) is 0.0761. The number of hydrogen-bond donors (Lipinski definition) is 13. The van der Waals surface area contributed by atoms with Crippen LogP contribution in [0.4, 0.5) is 0 Å². The van der Waals surface area contributed by atoms with Gasteiger partial charge in [0, 0.05) is 6.04 Å². The fourth-order valence-electron chi connectivity index (χ4n) is 5.20. The van der Waals surface area contributed by atoms with Crippen LogP contribution in [0.1, 0.15) is 19.8 Å². The molecule has 19 heteroatoms. The molecule has 18 N–H and O–H groups in total. The molecule has 0 bridgehead atoms. The van der Waals surface area contributed by atoms with E-state index in [1.807, 2.05) is 0 Å². The summed E-state index contributed by atoms with van der Waals surface area (Å²) in [5.41, 5.74) is 28.5. The van der Waals surface area contributed by atoms with Crippen molar-refractivity contribution in [2.75, 3.05) is 13.1 Å². The van der Waals surface area contributed by atoms with Crippen LogP contribution in [-0.2, 0) is 23.7 Å². The molecule has 0 spiro atoms. The molecule has 3 rings (SSSR count). The molecule has 3 aliphatic rings. The van der Waals surface area contributed by atoms with E-state index >= 15 is 0 Å². The number of guanidine groups is 1. The zero-order chi connectivity index (χ0) is 31.5. The Morgan fingerprint density at radius 2 is 1.60 bits per heavy atom. The lowest BCUT2D eigenvalue weighted by atomic mass is 9.83. The number of rotatable bonds is 11. The van der Waals surface area contributed by atoms with Crippen LogP contribution >= 0.6 is 0 Å². The summed E-state index contributed by atoms with van der Waals surface area (Å²) in [7, 11) is 0. The highest BCUT2D eigenvalue weighted by molar-refractivity contribution is 5.80. The first-order valence-corrected chi connectivity index (χ1v) is 13.6. The standard InChI is InChI=1S/C23H45N7O12/c1-6(31)17-15(36)14(35)11(26)21(40-17)41-18-7(25)4-8(30-20(38)9(32)2-3-24)12(33)19(18)42-22-16(37)13(34)10(39-22)5-29-23(27)28/h6-19,21-22,31-37H,2-5,24-26H2,1H3,(H,30,38)(H4,27,28,29)/t6-,7?,8?,9?,10?,11?,12?,13?,14?,15?,16?,17?,18?,19?,21?,22?/m1/s1. The number of aliphatic imine (C=N–C) groups is 1. The third-order valence-corrected chi connectivity index (χ3v) is 7.61. The fourth-order valence-corrected chi connectivity index (χ4v) is 5.20. The lowest BCUT2D eigenvalue weighted by Crippen LogP contribution is -2.69. The number of nitrogens with zero attached hydrogens (tertiary/aromatic N) is 1. The molecule has 244 valence electrons. The predicted molar refractivity (Wildman–Crippen MR) is 142 cm³/mol. The maximum Gasteiger partial charge on any atom is 0.249 e. The maximum absolute atomic E-state index is 12.5. The van der Waals surface area contributed by atoms with E-state index in [-0.39, 0.29) is 31.9 Å². The Morgan fingerprint density at radius 1 is 0.952 bits per heavy atom. The van der Waals surface area contributed by atoms with Crippen molar-refractivity contribution >= 4 is 11.9 Å². The van der Waals surface area contributed by atoms with Gasteiger partial charge >= 0.3 is 0 Å². The third kappa shape index (κ3) is 7.81. The fraction of sp³-hybridized carbons (Fsp3) is 0.913. The molecule has 0 aromatic carbocycles. The van der Waals surface area contributed by atoms with E-state index in [0.29, 0.717) is 0 Å². The first-order valence-electron chi connectivity index (χ1n) is 13.6.